The highest BCUT2D eigenvalue weighted by molar-refractivity contribution is 7.80. The number of benzene rings is 2. The predicted molar refractivity (Wildman–Crippen MR) is 93.7 cm³/mol. The Hall–Kier alpha value is -2.11. The first-order valence-corrected chi connectivity index (χ1v) is 7.48. The van der Waals surface area contributed by atoms with Crippen molar-refractivity contribution in [2.45, 2.75) is 6.92 Å². The van der Waals surface area contributed by atoms with E-state index in [1.54, 1.807) is 31.2 Å². The van der Waals surface area contributed by atoms with Gasteiger partial charge in [-0.05, 0) is 49.5 Å². The topological polar surface area (TPSA) is 50.4 Å². The Balaban J connectivity index is 2.04. The molecule has 4 nitrogen and oxygen atoms in total. The lowest BCUT2D eigenvalue weighted by atomic mass is 10.2. The van der Waals surface area contributed by atoms with Crippen molar-refractivity contribution in [3.63, 3.8) is 0 Å². The van der Waals surface area contributed by atoms with Gasteiger partial charge in [-0.25, -0.2) is 4.79 Å². The zero-order valence-corrected chi connectivity index (χ0v) is 13.5. The van der Waals surface area contributed by atoms with Crippen LogP contribution in [-0.2, 0) is 4.74 Å². The van der Waals surface area contributed by atoms with Crippen LogP contribution < -0.4 is 10.6 Å². The van der Waals surface area contributed by atoms with Gasteiger partial charge >= 0.3 is 5.97 Å². The molecule has 0 aliphatic heterocycles. The smallest absolute Gasteiger partial charge is 0.338 e. The van der Waals surface area contributed by atoms with Gasteiger partial charge in [0.15, 0.2) is 5.11 Å². The van der Waals surface area contributed by atoms with Crippen molar-refractivity contribution in [1.82, 2.24) is 0 Å². The van der Waals surface area contributed by atoms with Crippen molar-refractivity contribution in [1.29, 1.82) is 0 Å². The maximum Gasteiger partial charge on any atom is 0.338 e. The first-order chi connectivity index (χ1) is 10.6. The van der Waals surface area contributed by atoms with E-state index >= 15 is 0 Å². The average Bonchev–Trinajstić information content (AvgIpc) is 2.50. The number of halogens is 1. The number of hydrogen-bond donors (Lipinski definition) is 2. The number of nitrogens with one attached hydrogen (secondary N) is 2. The van der Waals surface area contributed by atoms with Crippen LogP contribution in [0.15, 0.2) is 48.5 Å². The summed E-state index contributed by atoms with van der Waals surface area (Å²) in [5.74, 6) is -0.365. The Bertz CT molecular complexity index is 691. The minimum absolute atomic E-state index is 0.336. The molecule has 0 bridgehead atoms. The largest absolute Gasteiger partial charge is 0.462 e. The molecule has 0 unspecified atom stereocenters. The fourth-order valence-corrected chi connectivity index (χ4v) is 2.20. The van der Waals surface area contributed by atoms with Crippen LogP contribution in [0.5, 0.6) is 0 Å². The second-order valence-electron chi connectivity index (χ2n) is 4.36. The van der Waals surface area contributed by atoms with E-state index in [1.165, 1.54) is 0 Å². The molecule has 0 saturated heterocycles. The third-order valence-electron chi connectivity index (χ3n) is 2.75. The molecule has 2 aromatic rings. The predicted octanol–water partition coefficient (Wildman–Crippen LogP) is 4.33. The van der Waals surface area contributed by atoms with Crippen LogP contribution in [0.2, 0.25) is 5.02 Å². The molecule has 2 N–H and O–H groups in total. The first kappa shape index (κ1) is 16.3. The van der Waals surface area contributed by atoms with Crippen molar-refractivity contribution >= 4 is 46.3 Å². The molecule has 0 radical (unpaired) electrons. The first-order valence-electron chi connectivity index (χ1n) is 6.70. The minimum Gasteiger partial charge on any atom is -0.462 e. The monoisotopic (exact) mass is 334 g/mol. The number of thiocarbonyl (C=S) groups is 1. The molecule has 0 saturated carbocycles. The van der Waals surface area contributed by atoms with Gasteiger partial charge in [-0.3, -0.25) is 0 Å². The van der Waals surface area contributed by atoms with Crippen LogP contribution in [0.3, 0.4) is 0 Å². The third-order valence-corrected chi connectivity index (χ3v) is 3.29. The molecular formula is C16H15ClN2O2S. The van der Waals surface area contributed by atoms with Crippen LogP contribution in [0.1, 0.15) is 17.3 Å². The van der Waals surface area contributed by atoms with Crippen molar-refractivity contribution < 1.29 is 9.53 Å². The van der Waals surface area contributed by atoms with Crippen LogP contribution in [0.4, 0.5) is 11.4 Å². The highest BCUT2D eigenvalue weighted by Gasteiger charge is 2.08. The summed E-state index contributed by atoms with van der Waals surface area (Å²) in [6, 6.07) is 14.2. The maximum absolute atomic E-state index is 11.7. The zero-order chi connectivity index (χ0) is 15.9. The molecule has 6 heteroatoms. The quantitative estimate of drug-likeness (QED) is 0.644. The molecule has 2 rings (SSSR count). The molecule has 0 heterocycles. The van der Waals surface area contributed by atoms with Crippen molar-refractivity contribution in [2.75, 3.05) is 17.2 Å². The van der Waals surface area contributed by atoms with Gasteiger partial charge in [-0.1, -0.05) is 29.8 Å². The maximum atomic E-state index is 11.7. The van der Waals surface area contributed by atoms with Gasteiger partial charge in [0.05, 0.1) is 22.9 Å². The fourth-order valence-electron chi connectivity index (χ4n) is 1.79. The molecule has 0 fully saturated rings. The highest BCUT2D eigenvalue weighted by atomic mass is 35.5. The summed E-state index contributed by atoms with van der Waals surface area (Å²) in [7, 11) is 0. The Morgan fingerprint density at radius 1 is 1.18 bits per heavy atom. The number of carbonyl (C=O) groups excluding carboxylic acids is 1. The molecular weight excluding hydrogens is 320 g/mol. The molecule has 0 aliphatic rings. The lowest BCUT2D eigenvalue weighted by molar-refractivity contribution is 0.0526. The molecule has 0 amide bonds. The van der Waals surface area contributed by atoms with E-state index in [4.69, 9.17) is 28.6 Å². The third kappa shape index (κ3) is 4.44. The van der Waals surface area contributed by atoms with Crippen molar-refractivity contribution in [3.05, 3.63) is 59.1 Å². The number of carbonyl (C=O) groups is 1. The molecule has 0 aromatic heterocycles. The van der Waals surface area contributed by atoms with E-state index in [0.717, 1.165) is 0 Å². The van der Waals surface area contributed by atoms with Gasteiger partial charge in [0.2, 0.25) is 0 Å². The fraction of sp³-hybridized carbons (Fsp3) is 0.125. The van der Waals surface area contributed by atoms with Gasteiger partial charge in [-0.15, -0.1) is 0 Å². The van der Waals surface area contributed by atoms with E-state index in [-0.39, 0.29) is 5.97 Å². The number of para-hydroxylation sites is 1. The number of ether oxygens (including phenoxy) is 1. The van der Waals surface area contributed by atoms with E-state index in [0.29, 0.717) is 33.7 Å². The van der Waals surface area contributed by atoms with E-state index in [9.17, 15) is 4.79 Å². The second-order valence-corrected chi connectivity index (χ2v) is 5.18. The van der Waals surface area contributed by atoms with Gasteiger partial charge in [0.1, 0.15) is 0 Å². The summed E-state index contributed by atoms with van der Waals surface area (Å²) in [5, 5.41) is 6.97. The van der Waals surface area contributed by atoms with E-state index < -0.39 is 0 Å². The van der Waals surface area contributed by atoms with Crippen LogP contribution in [0.25, 0.3) is 0 Å². The summed E-state index contributed by atoms with van der Waals surface area (Å²) in [4.78, 5) is 11.7. The standard InChI is InChI=1S/C16H15ClN2O2S/c1-2-21-15(20)11-6-5-7-12(10-11)18-16(22)19-14-9-4-3-8-13(14)17/h3-10H,2H2,1H3,(H2,18,19,22). The second kappa shape index (κ2) is 7.77. The van der Waals surface area contributed by atoms with Crippen molar-refractivity contribution in [2.24, 2.45) is 0 Å². The summed E-state index contributed by atoms with van der Waals surface area (Å²) in [5.41, 5.74) is 1.87. The Labute approximate surface area is 139 Å². The number of esters is 1. The van der Waals surface area contributed by atoms with Gasteiger partial charge in [0.25, 0.3) is 0 Å². The number of hydrogen-bond acceptors (Lipinski definition) is 3. The number of rotatable bonds is 4. The van der Waals surface area contributed by atoms with Gasteiger partial charge < -0.3 is 15.4 Å². The van der Waals surface area contributed by atoms with Crippen molar-refractivity contribution in [3.8, 4) is 0 Å². The van der Waals surface area contributed by atoms with Gasteiger partial charge in [-0.2, -0.15) is 0 Å². The average molecular weight is 335 g/mol. The SMILES string of the molecule is CCOC(=O)c1cccc(NC(=S)Nc2ccccc2Cl)c1. The molecule has 2 aromatic carbocycles. The zero-order valence-electron chi connectivity index (χ0n) is 11.9. The van der Waals surface area contributed by atoms with Crippen LogP contribution in [-0.4, -0.2) is 17.7 Å². The molecule has 22 heavy (non-hydrogen) atoms. The summed E-state index contributed by atoms with van der Waals surface area (Å²) in [6.07, 6.45) is 0. The lowest BCUT2D eigenvalue weighted by Crippen LogP contribution is -2.19. The highest BCUT2D eigenvalue weighted by Crippen LogP contribution is 2.21. The van der Waals surface area contributed by atoms with E-state index in [2.05, 4.69) is 10.6 Å². The summed E-state index contributed by atoms with van der Waals surface area (Å²) in [6.45, 7) is 2.10. The molecule has 114 valence electrons. The van der Waals surface area contributed by atoms with E-state index in [1.807, 2.05) is 24.3 Å². The van der Waals surface area contributed by atoms with Crippen LogP contribution in [0, 0.1) is 0 Å². The molecule has 0 atom stereocenters. The Morgan fingerprint density at radius 2 is 1.95 bits per heavy atom. The minimum atomic E-state index is -0.365. The Kier molecular flexibility index (Phi) is 5.75. The lowest BCUT2D eigenvalue weighted by Gasteiger charge is -2.12. The molecule has 0 aliphatic carbocycles. The molecule has 0 spiro atoms. The summed E-state index contributed by atoms with van der Waals surface area (Å²) >= 11 is 11.3. The Morgan fingerprint density at radius 3 is 2.68 bits per heavy atom. The number of anilines is 2. The van der Waals surface area contributed by atoms with Gasteiger partial charge in [0, 0.05) is 5.69 Å². The van der Waals surface area contributed by atoms with Crippen LogP contribution >= 0.6 is 23.8 Å². The summed E-state index contributed by atoms with van der Waals surface area (Å²) < 4.78 is 4.97. The normalized spacial score (nSPS) is 9.91.